The first-order valence-corrected chi connectivity index (χ1v) is 4.55. The molecule has 0 aliphatic carbocycles. The number of hydrogen-bond acceptors (Lipinski definition) is 2. The van der Waals surface area contributed by atoms with Gasteiger partial charge in [0.15, 0.2) is 0 Å². The third kappa shape index (κ3) is 1.87. The SMILES string of the molecule is C=CC[C@]1(CC)CCCC(=O)O1. The van der Waals surface area contributed by atoms with Crippen LogP contribution in [0.3, 0.4) is 0 Å². The van der Waals surface area contributed by atoms with Crippen LogP contribution >= 0.6 is 0 Å². The molecular formula is C10H16O2. The van der Waals surface area contributed by atoms with Gasteiger partial charge in [-0.25, -0.2) is 0 Å². The van der Waals surface area contributed by atoms with Gasteiger partial charge < -0.3 is 4.74 Å². The highest BCUT2D eigenvalue weighted by Crippen LogP contribution is 2.32. The maximum atomic E-state index is 11.1. The molecule has 1 rings (SSSR count). The molecule has 2 nitrogen and oxygen atoms in total. The van der Waals surface area contributed by atoms with Crippen LogP contribution in [0.15, 0.2) is 12.7 Å². The van der Waals surface area contributed by atoms with E-state index in [1.807, 2.05) is 6.08 Å². The van der Waals surface area contributed by atoms with Crippen molar-refractivity contribution >= 4 is 5.97 Å². The minimum absolute atomic E-state index is 0.0510. The van der Waals surface area contributed by atoms with E-state index in [1.54, 1.807) is 0 Å². The number of carbonyl (C=O) groups excluding carboxylic acids is 1. The molecule has 1 heterocycles. The fourth-order valence-corrected chi connectivity index (χ4v) is 1.70. The van der Waals surface area contributed by atoms with Gasteiger partial charge in [-0.3, -0.25) is 4.79 Å². The first-order chi connectivity index (χ1) is 5.72. The Bertz CT molecular complexity index is 186. The molecule has 2 heteroatoms. The molecule has 0 spiro atoms. The van der Waals surface area contributed by atoms with Crippen molar-refractivity contribution in [2.75, 3.05) is 0 Å². The molecule has 12 heavy (non-hydrogen) atoms. The smallest absolute Gasteiger partial charge is 0.306 e. The number of carbonyl (C=O) groups is 1. The maximum absolute atomic E-state index is 11.1. The summed E-state index contributed by atoms with van der Waals surface area (Å²) in [5, 5.41) is 0. The normalized spacial score (nSPS) is 29.6. The standard InChI is InChI=1S/C10H16O2/c1-3-7-10(4-2)8-5-6-9(11)12-10/h3H,1,4-8H2,2H3/t10-/m1/s1. The molecule has 0 unspecified atom stereocenters. The average molecular weight is 168 g/mol. The Labute approximate surface area is 73.6 Å². The van der Waals surface area contributed by atoms with Crippen molar-refractivity contribution in [2.24, 2.45) is 0 Å². The van der Waals surface area contributed by atoms with Crippen LogP contribution < -0.4 is 0 Å². The van der Waals surface area contributed by atoms with Crippen LogP contribution in [0.1, 0.15) is 39.0 Å². The summed E-state index contributed by atoms with van der Waals surface area (Å²) < 4.78 is 5.35. The lowest BCUT2D eigenvalue weighted by Gasteiger charge is -2.35. The third-order valence-corrected chi connectivity index (χ3v) is 2.50. The molecule has 1 saturated heterocycles. The zero-order valence-corrected chi connectivity index (χ0v) is 7.64. The summed E-state index contributed by atoms with van der Waals surface area (Å²) in [6.07, 6.45) is 6.04. The number of cyclic esters (lactones) is 1. The molecular weight excluding hydrogens is 152 g/mol. The molecule has 0 aromatic carbocycles. The molecule has 0 N–H and O–H groups in total. The number of hydrogen-bond donors (Lipinski definition) is 0. The number of ether oxygens (including phenoxy) is 1. The van der Waals surface area contributed by atoms with E-state index in [9.17, 15) is 4.79 Å². The summed E-state index contributed by atoms with van der Waals surface area (Å²) in [6.45, 7) is 5.74. The molecule has 0 radical (unpaired) electrons. The highest BCUT2D eigenvalue weighted by atomic mass is 16.6. The summed E-state index contributed by atoms with van der Waals surface area (Å²) >= 11 is 0. The predicted molar refractivity (Wildman–Crippen MR) is 47.8 cm³/mol. The van der Waals surface area contributed by atoms with Gasteiger partial charge >= 0.3 is 5.97 Å². The highest BCUT2D eigenvalue weighted by molar-refractivity contribution is 5.70. The predicted octanol–water partition coefficient (Wildman–Crippen LogP) is 2.44. The van der Waals surface area contributed by atoms with Crippen molar-refractivity contribution in [3.05, 3.63) is 12.7 Å². The Kier molecular flexibility index (Phi) is 2.90. The molecule has 0 bridgehead atoms. The van der Waals surface area contributed by atoms with Crippen molar-refractivity contribution < 1.29 is 9.53 Å². The molecule has 0 aromatic heterocycles. The Morgan fingerprint density at radius 3 is 3.00 bits per heavy atom. The van der Waals surface area contributed by atoms with E-state index in [0.29, 0.717) is 6.42 Å². The van der Waals surface area contributed by atoms with E-state index in [2.05, 4.69) is 13.5 Å². The molecule has 1 atom stereocenters. The van der Waals surface area contributed by atoms with Crippen molar-refractivity contribution in [1.29, 1.82) is 0 Å². The van der Waals surface area contributed by atoms with Crippen molar-refractivity contribution in [2.45, 2.75) is 44.6 Å². The van der Waals surface area contributed by atoms with Gasteiger partial charge in [0.1, 0.15) is 5.60 Å². The number of rotatable bonds is 3. The van der Waals surface area contributed by atoms with Gasteiger partial charge in [-0.15, -0.1) is 6.58 Å². The fourth-order valence-electron chi connectivity index (χ4n) is 1.70. The summed E-state index contributed by atoms with van der Waals surface area (Å²) in [5.74, 6) is -0.0510. The van der Waals surface area contributed by atoms with E-state index in [-0.39, 0.29) is 11.6 Å². The van der Waals surface area contributed by atoms with Crippen LogP contribution in [0.2, 0.25) is 0 Å². The molecule has 1 aliphatic heterocycles. The minimum atomic E-state index is -0.225. The second kappa shape index (κ2) is 3.74. The average Bonchev–Trinajstić information content (AvgIpc) is 2.05. The molecule has 1 aliphatic rings. The Morgan fingerprint density at radius 1 is 1.75 bits per heavy atom. The fraction of sp³-hybridized carbons (Fsp3) is 0.700. The van der Waals surface area contributed by atoms with Gasteiger partial charge in [-0.2, -0.15) is 0 Å². The second-order valence-electron chi connectivity index (χ2n) is 3.36. The second-order valence-corrected chi connectivity index (χ2v) is 3.36. The zero-order valence-electron chi connectivity index (χ0n) is 7.64. The van der Waals surface area contributed by atoms with Gasteiger partial charge in [0, 0.05) is 12.8 Å². The summed E-state index contributed by atoms with van der Waals surface area (Å²) in [6, 6.07) is 0. The molecule has 1 fully saturated rings. The Morgan fingerprint density at radius 2 is 2.50 bits per heavy atom. The van der Waals surface area contributed by atoms with Crippen LogP contribution in [-0.2, 0) is 9.53 Å². The van der Waals surface area contributed by atoms with Crippen LogP contribution in [0.4, 0.5) is 0 Å². The van der Waals surface area contributed by atoms with E-state index in [4.69, 9.17) is 4.74 Å². The summed E-state index contributed by atoms with van der Waals surface area (Å²) in [5.41, 5.74) is -0.225. The largest absolute Gasteiger partial charge is 0.459 e. The van der Waals surface area contributed by atoms with Crippen LogP contribution in [0.25, 0.3) is 0 Å². The lowest BCUT2D eigenvalue weighted by molar-refractivity contribution is -0.167. The van der Waals surface area contributed by atoms with Crippen LogP contribution in [0.5, 0.6) is 0 Å². The monoisotopic (exact) mass is 168 g/mol. The summed E-state index contributed by atoms with van der Waals surface area (Å²) in [7, 11) is 0. The summed E-state index contributed by atoms with van der Waals surface area (Å²) in [4.78, 5) is 11.1. The van der Waals surface area contributed by atoms with Gasteiger partial charge in [0.25, 0.3) is 0 Å². The number of esters is 1. The van der Waals surface area contributed by atoms with Crippen molar-refractivity contribution in [3.8, 4) is 0 Å². The van der Waals surface area contributed by atoms with Gasteiger partial charge in [-0.1, -0.05) is 13.0 Å². The molecule has 0 saturated carbocycles. The van der Waals surface area contributed by atoms with Gasteiger partial charge in [0.05, 0.1) is 0 Å². The molecule has 68 valence electrons. The molecule has 0 amide bonds. The first kappa shape index (κ1) is 9.30. The van der Waals surface area contributed by atoms with Gasteiger partial charge in [-0.05, 0) is 19.3 Å². The Balaban J connectivity index is 2.63. The quantitative estimate of drug-likeness (QED) is 0.478. The Hall–Kier alpha value is -0.790. The first-order valence-electron chi connectivity index (χ1n) is 4.55. The topological polar surface area (TPSA) is 26.3 Å². The van der Waals surface area contributed by atoms with E-state index >= 15 is 0 Å². The molecule has 0 aromatic rings. The van der Waals surface area contributed by atoms with Crippen molar-refractivity contribution in [3.63, 3.8) is 0 Å². The van der Waals surface area contributed by atoms with E-state index < -0.39 is 0 Å². The van der Waals surface area contributed by atoms with E-state index in [0.717, 1.165) is 25.7 Å². The maximum Gasteiger partial charge on any atom is 0.306 e. The zero-order chi connectivity index (χ0) is 9.03. The lowest BCUT2D eigenvalue weighted by atomic mass is 9.88. The lowest BCUT2D eigenvalue weighted by Crippen LogP contribution is -2.37. The van der Waals surface area contributed by atoms with Crippen LogP contribution in [-0.4, -0.2) is 11.6 Å². The van der Waals surface area contributed by atoms with Crippen molar-refractivity contribution in [1.82, 2.24) is 0 Å². The van der Waals surface area contributed by atoms with E-state index in [1.165, 1.54) is 0 Å². The third-order valence-electron chi connectivity index (χ3n) is 2.50. The minimum Gasteiger partial charge on any atom is -0.459 e. The van der Waals surface area contributed by atoms with Crippen LogP contribution in [0, 0.1) is 0 Å². The van der Waals surface area contributed by atoms with Gasteiger partial charge in [0.2, 0.25) is 0 Å². The highest BCUT2D eigenvalue weighted by Gasteiger charge is 2.34.